The Morgan fingerprint density at radius 2 is 2.18 bits per heavy atom. The van der Waals surface area contributed by atoms with Crippen LogP contribution in [0, 0.1) is 0 Å². The van der Waals surface area contributed by atoms with Crippen LogP contribution in [-0.2, 0) is 14.4 Å². The van der Waals surface area contributed by atoms with Crippen LogP contribution in [0.3, 0.4) is 0 Å². The van der Waals surface area contributed by atoms with E-state index in [1.54, 1.807) is 0 Å². The lowest BCUT2D eigenvalue weighted by Gasteiger charge is -2.07. The van der Waals surface area contributed by atoms with Gasteiger partial charge in [0.05, 0.1) is 6.54 Å². The molecule has 11 heavy (non-hydrogen) atoms. The summed E-state index contributed by atoms with van der Waals surface area (Å²) in [5.41, 5.74) is 0. The molecule has 2 amide bonds. The van der Waals surface area contributed by atoms with Gasteiger partial charge in [0.1, 0.15) is 12.3 Å². The Morgan fingerprint density at radius 1 is 1.55 bits per heavy atom. The second-order valence-corrected chi connectivity index (χ2v) is 1.92. The predicted octanol–water partition coefficient (Wildman–Crippen LogP) is -1.56. The van der Waals surface area contributed by atoms with Gasteiger partial charge in [0.2, 0.25) is 12.3 Å². The number of carbonyl (C=O) groups is 3. The maximum Gasteiger partial charge on any atom is 0.242 e. The molecule has 0 rings (SSSR count). The first kappa shape index (κ1) is 9.61. The Hall–Kier alpha value is -1.39. The first-order chi connectivity index (χ1) is 5.22. The zero-order chi connectivity index (χ0) is 8.69. The minimum absolute atomic E-state index is 0.0241. The van der Waals surface area contributed by atoms with Gasteiger partial charge in [-0.15, -0.1) is 0 Å². The molecule has 5 nitrogen and oxygen atoms in total. The smallest absolute Gasteiger partial charge is 0.242 e. The molecule has 0 unspecified atom stereocenters. The van der Waals surface area contributed by atoms with Crippen LogP contribution in [0.15, 0.2) is 0 Å². The van der Waals surface area contributed by atoms with E-state index in [1.807, 2.05) is 0 Å². The molecule has 0 bridgehead atoms. The molecule has 5 heteroatoms. The van der Waals surface area contributed by atoms with Crippen molar-refractivity contribution in [1.29, 1.82) is 0 Å². The summed E-state index contributed by atoms with van der Waals surface area (Å²) in [6, 6.07) is -0.590. The van der Waals surface area contributed by atoms with Crippen LogP contribution in [0.4, 0.5) is 0 Å². The SMILES string of the molecule is C[C@H](NC=O)C(=O)NCC=O. The molecule has 0 spiro atoms. The third-order valence-corrected chi connectivity index (χ3v) is 1.07. The van der Waals surface area contributed by atoms with Crippen LogP contribution in [-0.4, -0.2) is 31.2 Å². The van der Waals surface area contributed by atoms with Crippen molar-refractivity contribution in [2.75, 3.05) is 6.54 Å². The van der Waals surface area contributed by atoms with Gasteiger partial charge in [-0.2, -0.15) is 0 Å². The average molecular weight is 158 g/mol. The monoisotopic (exact) mass is 158 g/mol. The normalized spacial score (nSPS) is 11.4. The highest BCUT2D eigenvalue weighted by molar-refractivity contribution is 5.84. The fraction of sp³-hybridized carbons (Fsp3) is 0.500. The number of hydrogen-bond acceptors (Lipinski definition) is 3. The van der Waals surface area contributed by atoms with Gasteiger partial charge in [0.25, 0.3) is 0 Å². The molecule has 0 radical (unpaired) electrons. The summed E-state index contributed by atoms with van der Waals surface area (Å²) in [4.78, 5) is 30.4. The lowest BCUT2D eigenvalue weighted by molar-refractivity contribution is -0.125. The fourth-order valence-electron chi connectivity index (χ4n) is 0.473. The van der Waals surface area contributed by atoms with Gasteiger partial charge in [-0.3, -0.25) is 9.59 Å². The topological polar surface area (TPSA) is 75.3 Å². The standard InChI is InChI=1S/C6H10N2O3/c1-5(8-4-10)6(11)7-2-3-9/h3-5H,2H2,1H3,(H,7,11)(H,8,10)/t5-/m0/s1. The van der Waals surface area contributed by atoms with Crippen molar-refractivity contribution in [2.45, 2.75) is 13.0 Å². The number of nitrogens with one attached hydrogen (secondary N) is 2. The molecule has 2 N–H and O–H groups in total. The number of hydrogen-bond donors (Lipinski definition) is 2. The van der Waals surface area contributed by atoms with Crippen LogP contribution < -0.4 is 10.6 Å². The van der Waals surface area contributed by atoms with Crippen molar-refractivity contribution in [3.05, 3.63) is 0 Å². The number of carbonyl (C=O) groups excluding carboxylic acids is 3. The molecule has 0 aliphatic carbocycles. The summed E-state index contributed by atoms with van der Waals surface area (Å²) < 4.78 is 0. The molecular formula is C6H10N2O3. The second-order valence-electron chi connectivity index (χ2n) is 1.92. The molecular weight excluding hydrogens is 148 g/mol. The molecule has 0 aromatic heterocycles. The van der Waals surface area contributed by atoms with E-state index in [2.05, 4.69) is 10.6 Å². The highest BCUT2D eigenvalue weighted by Gasteiger charge is 2.08. The Kier molecular flexibility index (Phi) is 4.72. The molecule has 0 saturated carbocycles. The van der Waals surface area contributed by atoms with Crippen molar-refractivity contribution in [3.63, 3.8) is 0 Å². The van der Waals surface area contributed by atoms with Crippen LogP contribution in [0.2, 0.25) is 0 Å². The summed E-state index contributed by atoms with van der Waals surface area (Å²) in [5, 5.41) is 4.53. The minimum atomic E-state index is -0.590. The van der Waals surface area contributed by atoms with Gasteiger partial charge in [-0.25, -0.2) is 0 Å². The Morgan fingerprint density at radius 3 is 2.64 bits per heavy atom. The van der Waals surface area contributed by atoms with Gasteiger partial charge in [-0.1, -0.05) is 0 Å². The fourth-order valence-corrected chi connectivity index (χ4v) is 0.473. The van der Waals surface area contributed by atoms with E-state index in [1.165, 1.54) is 6.92 Å². The summed E-state index contributed by atoms with van der Waals surface area (Å²) in [7, 11) is 0. The second kappa shape index (κ2) is 5.40. The molecule has 62 valence electrons. The number of amides is 2. The number of aldehydes is 1. The zero-order valence-corrected chi connectivity index (χ0v) is 6.16. The van der Waals surface area contributed by atoms with Gasteiger partial charge in [-0.05, 0) is 6.92 Å². The summed E-state index contributed by atoms with van der Waals surface area (Å²) in [5.74, 6) is -0.371. The molecule has 0 fully saturated rings. The largest absolute Gasteiger partial charge is 0.348 e. The van der Waals surface area contributed by atoms with Gasteiger partial charge in [0.15, 0.2) is 0 Å². The summed E-state index contributed by atoms with van der Waals surface area (Å²) >= 11 is 0. The molecule has 0 aromatic rings. The molecule has 0 aliphatic rings. The van der Waals surface area contributed by atoms with Gasteiger partial charge < -0.3 is 15.4 Å². The Bertz CT molecular complexity index is 158. The van der Waals surface area contributed by atoms with Crippen LogP contribution >= 0.6 is 0 Å². The Labute approximate surface area is 64.1 Å². The van der Waals surface area contributed by atoms with Crippen molar-refractivity contribution < 1.29 is 14.4 Å². The van der Waals surface area contributed by atoms with E-state index >= 15 is 0 Å². The van der Waals surface area contributed by atoms with Crippen molar-refractivity contribution in [1.82, 2.24) is 10.6 Å². The third-order valence-electron chi connectivity index (χ3n) is 1.07. The van der Waals surface area contributed by atoms with E-state index in [0.717, 1.165) is 0 Å². The molecule has 0 heterocycles. The van der Waals surface area contributed by atoms with Gasteiger partial charge >= 0.3 is 0 Å². The highest BCUT2D eigenvalue weighted by atomic mass is 16.2. The third kappa shape index (κ3) is 4.07. The first-order valence-electron chi connectivity index (χ1n) is 3.13. The first-order valence-corrected chi connectivity index (χ1v) is 3.13. The highest BCUT2D eigenvalue weighted by Crippen LogP contribution is 1.77. The maximum absolute atomic E-state index is 10.8. The lowest BCUT2D eigenvalue weighted by Crippen LogP contribution is -2.42. The van der Waals surface area contributed by atoms with Crippen molar-refractivity contribution >= 4 is 18.6 Å². The van der Waals surface area contributed by atoms with Crippen LogP contribution in [0.25, 0.3) is 0 Å². The van der Waals surface area contributed by atoms with E-state index in [4.69, 9.17) is 0 Å². The minimum Gasteiger partial charge on any atom is -0.348 e. The van der Waals surface area contributed by atoms with Crippen LogP contribution in [0.5, 0.6) is 0 Å². The van der Waals surface area contributed by atoms with Gasteiger partial charge in [0, 0.05) is 0 Å². The summed E-state index contributed by atoms with van der Waals surface area (Å²) in [6.45, 7) is 1.50. The molecule has 0 aromatic carbocycles. The van der Waals surface area contributed by atoms with E-state index < -0.39 is 6.04 Å². The Balaban J connectivity index is 3.62. The quantitative estimate of drug-likeness (QED) is 0.475. The zero-order valence-electron chi connectivity index (χ0n) is 6.16. The molecule has 0 aliphatic heterocycles. The van der Waals surface area contributed by atoms with Crippen molar-refractivity contribution in [2.24, 2.45) is 0 Å². The van der Waals surface area contributed by atoms with E-state index in [0.29, 0.717) is 12.7 Å². The molecule has 1 atom stereocenters. The maximum atomic E-state index is 10.8. The average Bonchev–Trinajstić information content (AvgIpc) is 2.00. The lowest BCUT2D eigenvalue weighted by atomic mass is 10.3. The number of rotatable bonds is 5. The van der Waals surface area contributed by atoms with E-state index in [9.17, 15) is 14.4 Å². The van der Waals surface area contributed by atoms with E-state index in [-0.39, 0.29) is 12.5 Å². The summed E-state index contributed by atoms with van der Waals surface area (Å²) in [6.07, 6.45) is 1.01. The van der Waals surface area contributed by atoms with Crippen LogP contribution in [0.1, 0.15) is 6.92 Å². The van der Waals surface area contributed by atoms with Crippen molar-refractivity contribution in [3.8, 4) is 0 Å². The molecule has 0 saturated heterocycles. The predicted molar refractivity (Wildman–Crippen MR) is 37.7 cm³/mol.